The first kappa shape index (κ1) is 84.4. The summed E-state index contributed by atoms with van der Waals surface area (Å²) in [6.45, 7) is 1.22. The van der Waals surface area contributed by atoms with Crippen LogP contribution in [-0.2, 0) is 94.7 Å². The van der Waals surface area contributed by atoms with Gasteiger partial charge in [-0.05, 0) is 61.2 Å². The van der Waals surface area contributed by atoms with Crippen molar-refractivity contribution in [3.63, 3.8) is 0 Å². The van der Waals surface area contributed by atoms with Crippen LogP contribution < -0.4 is 46.8 Å². The molecule has 549 valence electrons. The van der Waals surface area contributed by atoms with E-state index in [4.69, 9.17) is 4.74 Å². The Hall–Kier alpha value is -7.00. The van der Waals surface area contributed by atoms with Crippen molar-refractivity contribution in [2.75, 3.05) is 150 Å². The third-order valence-electron chi connectivity index (χ3n) is 16.6. The second-order valence-corrected chi connectivity index (χ2v) is 30.5. The van der Waals surface area contributed by atoms with Gasteiger partial charge in [0.25, 0.3) is 11.8 Å². The molecule has 0 bridgehead atoms. The molecule has 99 heavy (non-hydrogen) atoms. The minimum absolute atomic E-state index is 0. The van der Waals surface area contributed by atoms with Crippen LogP contribution in [0, 0.1) is 13.8 Å². The number of sulfonamides is 1. The van der Waals surface area contributed by atoms with Crippen molar-refractivity contribution >= 4 is 102 Å². The van der Waals surface area contributed by atoms with Crippen LogP contribution in [-0.4, -0.2) is 305 Å². The first-order chi connectivity index (χ1) is 45.4. The zero-order chi connectivity index (χ0) is 73.4. The number of benzene rings is 2. The van der Waals surface area contributed by atoms with Gasteiger partial charge in [-0.3, -0.25) is 33.6 Å². The Labute approximate surface area is 599 Å². The molecule has 2 aromatic heterocycles. The summed E-state index contributed by atoms with van der Waals surface area (Å²) in [6.07, 6.45) is 4.48. The number of imidazole rings is 1. The maximum absolute atomic E-state index is 14.0. The molecular weight excluding hydrogens is 1450 g/mol. The third-order valence-corrected chi connectivity index (χ3v) is 20.0. The van der Waals surface area contributed by atoms with Gasteiger partial charge < -0.3 is 112 Å². The van der Waals surface area contributed by atoms with Crippen LogP contribution in [0.1, 0.15) is 39.9 Å². The van der Waals surface area contributed by atoms with Crippen molar-refractivity contribution in [2.24, 2.45) is 7.05 Å². The molecule has 5 amide bonds. The summed E-state index contributed by atoms with van der Waals surface area (Å²) in [5, 5.41) is 54.6. The molecule has 4 aromatic rings. The number of rotatable bonds is 34. The first-order valence-electron chi connectivity index (χ1n) is 30.6. The maximum atomic E-state index is 14.0. The number of carboxylic acids is 4. The Morgan fingerprint density at radius 1 is 0.657 bits per heavy atom. The van der Waals surface area contributed by atoms with Crippen molar-refractivity contribution in [2.45, 2.75) is 56.3 Å². The summed E-state index contributed by atoms with van der Waals surface area (Å²) in [7, 11) is -5.54. The van der Waals surface area contributed by atoms with Gasteiger partial charge in [0.2, 0.25) is 33.2 Å². The van der Waals surface area contributed by atoms with E-state index in [1.165, 1.54) is 32.2 Å². The summed E-state index contributed by atoms with van der Waals surface area (Å²) < 4.78 is 96.7. The second kappa shape index (κ2) is 36.0. The van der Waals surface area contributed by atoms with Crippen molar-refractivity contribution in [3.8, 4) is 5.75 Å². The SMILES string of the molecule is Cc1cc(OCCCC(=O)NCCNC(=O)C(CS(O)(O)O)NC(=O)C(CS(O)(O)O)NC(=O)C[N+]2(C)CC[N+](C)(CC(=O)O)CC[N+](C)(CC(=O)O)CC[N+](C)(CC(=O)O)CC2)cc(C)c1S(=O)(=O)NC(CNC(=O)c1cn(C)c2cc(CNc3ncc[nH]3)ccc2c1=O)C(=O)O.[Y]. The number of anilines is 1. The van der Waals surface area contributed by atoms with Crippen molar-refractivity contribution < 1.29 is 155 Å². The number of aliphatic carboxylic acids is 4. The topological polar surface area (TPSA) is 534 Å². The molecule has 1 fully saturated rings. The normalized spacial score (nSPS) is 20.5. The fraction of sp³-hybridized carbons (Fsp3) is 0.534. The molecule has 2 aromatic carbocycles. The standard InChI is InChI=1S/C58H88N14O23S3.Y/c1-37-25-40(26-38(2)53(37)98(93,94)67-43(57(85)86)29-63-54(82)42-30-68(3)46-27-39(10-11-41(46)52(42)81)28-64-58-61-14-15-62-58)95-24-8-9-47(73)59-12-13-60-55(83)44(35-96(87,88)89)66-56(84)45(36-97(90,91)92)65-48(74)31-69(4)16-18-70(5,32-49(75)76)20-22-72(7,34-51(79)80)23-21-71(6,19-17-69)33-50(77)78;/h10-11,14-15,25-27,30,43-45,67H,8-9,12-13,16-24,28-29,31-36H2,1-7H3,(H13-4,59,60,61,62,63,64,65,66,73,74,75,76,77,78,79,80,82,83,84,85,86,87,88,89,90,91,92);/p+4. The number of carbonyl (C=O) groups is 9. The molecule has 41 heteroatoms. The Kier molecular flexibility index (Phi) is 30.7. The predicted molar refractivity (Wildman–Crippen MR) is 356 cm³/mol. The number of hydrogen-bond acceptors (Lipinski definition) is 21. The van der Waals surface area contributed by atoms with E-state index in [0.717, 1.165) is 5.56 Å². The van der Waals surface area contributed by atoms with Crippen molar-refractivity contribution in [1.82, 2.24) is 45.8 Å². The zero-order valence-electron chi connectivity index (χ0n) is 56.0. The molecule has 1 aliphatic rings. The van der Waals surface area contributed by atoms with Crippen LogP contribution in [0.4, 0.5) is 5.95 Å². The molecule has 1 radical (unpaired) electrons. The van der Waals surface area contributed by atoms with Gasteiger partial charge in [-0.1, -0.05) is 6.07 Å². The molecule has 0 aliphatic carbocycles. The second-order valence-electron chi connectivity index (χ2n) is 25.7. The number of nitrogens with zero attached hydrogens (tertiary/aromatic N) is 6. The van der Waals surface area contributed by atoms with Gasteiger partial charge in [0.05, 0.1) is 78.5 Å². The van der Waals surface area contributed by atoms with Gasteiger partial charge in [-0.25, -0.2) is 27.8 Å². The third kappa shape index (κ3) is 27.5. The molecule has 37 nitrogen and oxygen atoms in total. The smallest absolute Gasteiger partial charge is 0.359 e. The van der Waals surface area contributed by atoms with Crippen LogP contribution in [0.3, 0.4) is 0 Å². The van der Waals surface area contributed by atoms with E-state index in [1.54, 1.807) is 70.4 Å². The predicted octanol–water partition coefficient (Wildman–Crippen LogP) is -1.49. The fourth-order valence-electron chi connectivity index (χ4n) is 11.2. The van der Waals surface area contributed by atoms with E-state index in [2.05, 4.69) is 46.6 Å². The quantitative estimate of drug-likeness (QED) is 0.0187. The van der Waals surface area contributed by atoms with Crippen LogP contribution in [0.5, 0.6) is 5.75 Å². The fourth-order valence-corrected chi connectivity index (χ4v) is 14.2. The van der Waals surface area contributed by atoms with E-state index in [9.17, 15) is 104 Å². The monoisotopic (exact) mass is 1540 g/mol. The summed E-state index contributed by atoms with van der Waals surface area (Å²) in [6, 6.07) is 1.80. The van der Waals surface area contributed by atoms with Crippen molar-refractivity contribution in [3.05, 3.63) is 81.4 Å². The molecule has 0 saturated carbocycles. The van der Waals surface area contributed by atoms with E-state index in [1.807, 2.05) is 0 Å². The van der Waals surface area contributed by atoms with Crippen molar-refractivity contribution in [1.29, 1.82) is 0 Å². The van der Waals surface area contributed by atoms with Crippen LogP contribution >= 0.6 is 21.7 Å². The number of carbonyl (C=O) groups excluding carboxylic acids is 5. The average molecular weight is 1540 g/mol. The Balaban J connectivity index is 0.0000208. The molecule has 5 atom stereocenters. The summed E-state index contributed by atoms with van der Waals surface area (Å²) in [4.78, 5) is 136. The van der Waals surface area contributed by atoms with Gasteiger partial charge in [-0.2, -0.15) is 4.72 Å². The number of aromatic amines is 1. The largest absolute Gasteiger partial charge is 0.494 e. The number of aromatic nitrogens is 3. The Morgan fingerprint density at radius 2 is 1.15 bits per heavy atom. The number of aryl methyl sites for hydroxylation is 3. The number of nitrogens with one attached hydrogen (secondary N) is 8. The van der Waals surface area contributed by atoms with Crippen LogP contribution in [0.2, 0.25) is 0 Å². The van der Waals surface area contributed by atoms with E-state index < -0.39 is 146 Å². The summed E-state index contributed by atoms with van der Waals surface area (Å²) >= 11 is 0. The molecule has 0 spiro atoms. The molecule has 18 N–H and O–H groups in total. The van der Waals surface area contributed by atoms with Crippen LogP contribution in [0.15, 0.2) is 58.6 Å². The zero-order valence-corrected chi connectivity index (χ0v) is 61.3. The number of hydrogen-bond donors (Lipinski definition) is 18. The Bertz CT molecular complexity index is 3680. The van der Waals surface area contributed by atoms with Gasteiger partial charge in [-0.15, -0.1) is 0 Å². The Morgan fingerprint density at radius 3 is 1.63 bits per heavy atom. The molecule has 1 saturated heterocycles. The summed E-state index contributed by atoms with van der Waals surface area (Å²) in [5.41, 5.74) is 0.649. The molecular formula is C58H92N14O23S3Y+4. The van der Waals surface area contributed by atoms with Gasteiger partial charge in [0.15, 0.2) is 32.1 Å². The van der Waals surface area contributed by atoms with E-state index >= 15 is 0 Å². The minimum Gasteiger partial charge on any atom is -0.494 e. The number of amides is 5. The first-order valence-corrected chi connectivity index (χ1v) is 35.5. The average Bonchev–Trinajstić information content (AvgIpc) is 0.788. The number of H-pyrrole nitrogens is 1. The van der Waals surface area contributed by atoms with Crippen LogP contribution in [0.25, 0.3) is 10.9 Å². The maximum Gasteiger partial charge on any atom is 0.359 e. The minimum atomic E-state index is -4.62. The number of carboxylic acid groups (broad SMARTS) is 4. The number of pyridine rings is 1. The molecule has 5 rings (SSSR count). The number of likely N-dealkylation sites (N-methyl/N-ethyl adjacent to an activating group) is 4. The number of quaternary nitrogens is 4. The van der Waals surface area contributed by atoms with Gasteiger partial charge in [0.1, 0.15) is 81.8 Å². The molecule has 1 aliphatic heterocycles. The van der Waals surface area contributed by atoms with Gasteiger partial charge in [0, 0.05) is 96.3 Å². The summed E-state index contributed by atoms with van der Waals surface area (Å²) in [5.74, 6) is -11.8. The van der Waals surface area contributed by atoms with E-state index in [-0.39, 0.29) is 175 Å². The number of fused-ring (bicyclic) bond motifs is 1. The number of ether oxygens (including phenoxy) is 1. The van der Waals surface area contributed by atoms with Gasteiger partial charge >= 0.3 is 23.9 Å². The van der Waals surface area contributed by atoms with E-state index in [0.29, 0.717) is 18.0 Å². The molecule has 3 heterocycles. The molecule has 5 unspecified atom stereocenters.